The van der Waals surface area contributed by atoms with E-state index in [-0.39, 0.29) is 11.7 Å². The summed E-state index contributed by atoms with van der Waals surface area (Å²) < 4.78 is 14.8. The summed E-state index contributed by atoms with van der Waals surface area (Å²) in [5, 5.41) is 6.28. The van der Waals surface area contributed by atoms with Crippen molar-refractivity contribution in [3.8, 4) is 17.3 Å². The number of hydrogen-bond donors (Lipinski definition) is 0. The van der Waals surface area contributed by atoms with Crippen LogP contribution in [0, 0.1) is 0 Å². The van der Waals surface area contributed by atoms with E-state index >= 15 is 0 Å². The first-order valence-corrected chi connectivity index (χ1v) is 13.2. The van der Waals surface area contributed by atoms with Crippen molar-refractivity contribution < 1.29 is 9.15 Å². The number of rotatable bonds is 6. The van der Waals surface area contributed by atoms with E-state index in [2.05, 4.69) is 37.0 Å². The van der Waals surface area contributed by atoms with Crippen molar-refractivity contribution in [3.63, 3.8) is 0 Å². The van der Waals surface area contributed by atoms with Crippen molar-refractivity contribution in [3.05, 3.63) is 90.5 Å². The Kier molecular flexibility index (Phi) is 7.01. The van der Waals surface area contributed by atoms with Gasteiger partial charge in [0.05, 0.1) is 32.7 Å². The van der Waals surface area contributed by atoms with Crippen LogP contribution < -0.4 is 10.3 Å². The Morgan fingerprint density at radius 1 is 1.17 bits per heavy atom. The topological polar surface area (TPSA) is 69.6 Å². The molecule has 5 aromatic rings. The van der Waals surface area contributed by atoms with Gasteiger partial charge in [0.2, 0.25) is 5.82 Å². The third kappa shape index (κ3) is 4.85. The standard InChI is InChI=1S/C27H20Br2ClN3O3/c1-3-15(2)35-25-20(29)10-16(11-21(25)30)14-31-33-26(32-22-7-5-4-6-19(22)27(33)34)24-13-17-12-18(28)8-9-23(17)36-24/h4-15H,3H2,1-2H3/t15-/m1/s1. The van der Waals surface area contributed by atoms with Gasteiger partial charge in [-0.25, -0.2) is 4.98 Å². The first kappa shape index (κ1) is 24.7. The highest BCUT2D eigenvalue weighted by molar-refractivity contribution is 9.10. The van der Waals surface area contributed by atoms with E-state index in [1.165, 1.54) is 4.68 Å². The molecule has 0 unspecified atom stereocenters. The molecule has 0 saturated carbocycles. The summed E-state index contributed by atoms with van der Waals surface area (Å²) in [5.74, 6) is 1.30. The molecule has 2 aromatic heterocycles. The van der Waals surface area contributed by atoms with E-state index in [1.54, 1.807) is 30.5 Å². The third-order valence-electron chi connectivity index (χ3n) is 5.69. The van der Waals surface area contributed by atoms with Crippen molar-refractivity contribution in [1.29, 1.82) is 0 Å². The second-order valence-electron chi connectivity index (χ2n) is 8.26. The van der Waals surface area contributed by atoms with Crippen LogP contribution in [-0.4, -0.2) is 22.0 Å². The number of ether oxygens (including phenoxy) is 1. The van der Waals surface area contributed by atoms with Gasteiger partial charge < -0.3 is 9.15 Å². The number of furan rings is 1. The SMILES string of the molecule is CC[C@@H](C)Oc1c(Cl)cc(C=Nn2c(-c3cc4cc(Br)ccc4o3)nc3ccccc3c2=O)cc1Br. The van der Waals surface area contributed by atoms with Crippen molar-refractivity contribution in [1.82, 2.24) is 9.66 Å². The summed E-state index contributed by atoms with van der Waals surface area (Å²) in [4.78, 5) is 18.2. The average Bonchev–Trinajstić information content (AvgIpc) is 3.28. The lowest BCUT2D eigenvalue weighted by atomic mass is 10.2. The lowest BCUT2D eigenvalue weighted by Gasteiger charge is -2.15. The molecule has 0 aliphatic rings. The maximum atomic E-state index is 13.5. The van der Waals surface area contributed by atoms with Crippen molar-refractivity contribution in [2.75, 3.05) is 0 Å². The molecule has 0 radical (unpaired) electrons. The summed E-state index contributed by atoms with van der Waals surface area (Å²) >= 11 is 13.5. The van der Waals surface area contributed by atoms with Gasteiger partial charge in [0.25, 0.3) is 5.56 Å². The fraction of sp³-hybridized carbons (Fsp3) is 0.148. The monoisotopic (exact) mass is 627 g/mol. The van der Waals surface area contributed by atoms with E-state index in [4.69, 9.17) is 25.7 Å². The molecule has 182 valence electrons. The van der Waals surface area contributed by atoms with Crippen LogP contribution in [-0.2, 0) is 0 Å². The number of nitrogens with zero attached hydrogens (tertiary/aromatic N) is 3. The van der Waals surface area contributed by atoms with Crippen LogP contribution in [0.15, 0.2) is 83.9 Å². The lowest BCUT2D eigenvalue weighted by Crippen LogP contribution is -2.20. The van der Waals surface area contributed by atoms with Gasteiger partial charge in [-0.1, -0.05) is 46.6 Å². The van der Waals surface area contributed by atoms with Gasteiger partial charge >= 0.3 is 0 Å². The van der Waals surface area contributed by atoms with E-state index in [0.29, 0.717) is 48.9 Å². The fourth-order valence-corrected chi connectivity index (χ4v) is 5.03. The Labute approximate surface area is 228 Å². The molecule has 0 fully saturated rings. The van der Waals surface area contributed by atoms with E-state index in [0.717, 1.165) is 16.3 Å². The molecule has 0 amide bonds. The molecule has 2 heterocycles. The summed E-state index contributed by atoms with van der Waals surface area (Å²) in [6.45, 7) is 4.02. The smallest absolute Gasteiger partial charge is 0.282 e. The highest BCUT2D eigenvalue weighted by Crippen LogP contribution is 2.35. The zero-order valence-corrected chi connectivity index (χ0v) is 23.3. The maximum Gasteiger partial charge on any atom is 0.282 e. The number of halogens is 3. The van der Waals surface area contributed by atoms with Gasteiger partial charge in [-0.05, 0) is 83.4 Å². The van der Waals surface area contributed by atoms with Crippen LogP contribution in [0.5, 0.6) is 5.75 Å². The minimum Gasteiger partial charge on any atom is -0.488 e. The highest BCUT2D eigenvalue weighted by atomic mass is 79.9. The van der Waals surface area contributed by atoms with E-state index in [1.807, 2.05) is 50.2 Å². The average molecular weight is 630 g/mol. The van der Waals surface area contributed by atoms with Crippen LogP contribution in [0.1, 0.15) is 25.8 Å². The van der Waals surface area contributed by atoms with Gasteiger partial charge in [0, 0.05) is 9.86 Å². The molecule has 0 aliphatic heterocycles. The highest BCUT2D eigenvalue weighted by Gasteiger charge is 2.17. The molecule has 3 aromatic carbocycles. The van der Waals surface area contributed by atoms with E-state index in [9.17, 15) is 4.79 Å². The molecule has 0 saturated heterocycles. The quantitative estimate of drug-likeness (QED) is 0.178. The molecule has 5 rings (SSSR count). The first-order valence-electron chi connectivity index (χ1n) is 11.3. The molecular weight excluding hydrogens is 610 g/mol. The Hall–Kier alpha value is -2.94. The summed E-state index contributed by atoms with van der Waals surface area (Å²) in [6.07, 6.45) is 2.43. The predicted molar refractivity (Wildman–Crippen MR) is 151 cm³/mol. The van der Waals surface area contributed by atoms with Crippen molar-refractivity contribution >= 4 is 71.5 Å². The van der Waals surface area contributed by atoms with Crippen LogP contribution in [0.3, 0.4) is 0 Å². The second-order valence-corrected chi connectivity index (χ2v) is 10.4. The number of fused-ring (bicyclic) bond motifs is 2. The van der Waals surface area contributed by atoms with Crippen molar-refractivity contribution in [2.45, 2.75) is 26.4 Å². The van der Waals surface area contributed by atoms with Gasteiger partial charge in [-0.15, -0.1) is 0 Å². The zero-order valence-electron chi connectivity index (χ0n) is 19.3. The molecule has 36 heavy (non-hydrogen) atoms. The molecule has 0 bridgehead atoms. The number of aromatic nitrogens is 2. The van der Waals surface area contributed by atoms with Crippen LogP contribution in [0.25, 0.3) is 33.5 Å². The predicted octanol–water partition coefficient (Wildman–Crippen LogP) is 8.05. The summed E-state index contributed by atoms with van der Waals surface area (Å²) in [7, 11) is 0. The normalized spacial score (nSPS) is 12.6. The van der Waals surface area contributed by atoms with Gasteiger partial charge in [0.1, 0.15) is 5.58 Å². The summed E-state index contributed by atoms with van der Waals surface area (Å²) in [6, 6.07) is 18.3. The van der Waals surface area contributed by atoms with Gasteiger partial charge in [-0.2, -0.15) is 9.78 Å². The summed E-state index contributed by atoms with van der Waals surface area (Å²) in [5.41, 5.74) is 1.61. The molecule has 0 N–H and O–H groups in total. The minimum absolute atomic E-state index is 0.0209. The number of hydrogen-bond acceptors (Lipinski definition) is 5. The van der Waals surface area contributed by atoms with Gasteiger partial charge in [-0.3, -0.25) is 4.79 Å². The minimum atomic E-state index is -0.310. The number of para-hydroxylation sites is 1. The molecular formula is C27H20Br2ClN3O3. The molecule has 0 spiro atoms. The maximum absolute atomic E-state index is 13.5. The Balaban J connectivity index is 1.63. The molecule has 9 heteroatoms. The Morgan fingerprint density at radius 3 is 2.75 bits per heavy atom. The van der Waals surface area contributed by atoms with Crippen LogP contribution in [0.4, 0.5) is 0 Å². The van der Waals surface area contributed by atoms with Crippen LogP contribution >= 0.6 is 43.5 Å². The molecule has 6 nitrogen and oxygen atoms in total. The largest absolute Gasteiger partial charge is 0.488 e. The lowest BCUT2D eigenvalue weighted by molar-refractivity contribution is 0.216. The Morgan fingerprint density at radius 2 is 1.97 bits per heavy atom. The van der Waals surface area contributed by atoms with Gasteiger partial charge in [0.15, 0.2) is 11.5 Å². The van der Waals surface area contributed by atoms with Crippen molar-refractivity contribution in [2.24, 2.45) is 5.10 Å². The third-order valence-corrected chi connectivity index (χ3v) is 7.05. The molecule has 1 atom stereocenters. The fourth-order valence-electron chi connectivity index (χ4n) is 3.69. The van der Waals surface area contributed by atoms with E-state index < -0.39 is 0 Å². The molecule has 0 aliphatic carbocycles. The second kappa shape index (κ2) is 10.2. The zero-order chi connectivity index (χ0) is 25.4. The Bertz CT molecular complexity index is 1670. The first-order chi connectivity index (χ1) is 17.3. The number of benzene rings is 3. The van der Waals surface area contributed by atoms with Crippen LogP contribution in [0.2, 0.25) is 5.02 Å².